The fraction of sp³-hybridized carbons (Fsp3) is 0.882. The van der Waals surface area contributed by atoms with Crippen LogP contribution in [-0.4, -0.2) is 60.5 Å². The first-order chi connectivity index (χ1) is 10.2. The third kappa shape index (κ3) is 5.26. The molecule has 1 rings (SSSR count). The fourth-order valence-electron chi connectivity index (χ4n) is 2.56. The van der Waals surface area contributed by atoms with Gasteiger partial charge in [0.25, 0.3) is 0 Å². The molecule has 1 amide bonds. The summed E-state index contributed by atoms with van der Waals surface area (Å²) in [5, 5.41) is 12.6. The molecular weight excluding hydrogens is 276 g/mol. The molecule has 1 heterocycles. The summed E-state index contributed by atoms with van der Waals surface area (Å²) in [6.07, 6.45) is 0. The molecule has 126 valence electrons. The maximum Gasteiger partial charge on any atom is 0.236 e. The van der Waals surface area contributed by atoms with Gasteiger partial charge < -0.3 is 10.2 Å². The number of nitrogens with one attached hydrogen (secondary N) is 1. The average molecular weight is 308 g/mol. The zero-order valence-corrected chi connectivity index (χ0v) is 15.0. The predicted octanol–water partition coefficient (Wildman–Crippen LogP) is 1.70. The van der Waals surface area contributed by atoms with E-state index in [1.54, 1.807) is 0 Å². The van der Waals surface area contributed by atoms with Crippen molar-refractivity contribution in [3.05, 3.63) is 0 Å². The van der Waals surface area contributed by atoms with Crippen LogP contribution < -0.4 is 5.32 Å². The number of piperazine rings is 1. The summed E-state index contributed by atoms with van der Waals surface area (Å²) in [5.41, 5.74) is 0.149. The van der Waals surface area contributed by atoms with Crippen molar-refractivity contribution in [2.45, 2.75) is 53.6 Å². The Balaban J connectivity index is 2.42. The van der Waals surface area contributed by atoms with Gasteiger partial charge in [-0.25, -0.2) is 0 Å². The molecule has 0 aromatic rings. The van der Waals surface area contributed by atoms with Crippen molar-refractivity contribution in [2.75, 3.05) is 32.7 Å². The molecule has 1 fully saturated rings. The van der Waals surface area contributed by atoms with Gasteiger partial charge in [-0.3, -0.25) is 9.69 Å². The third-order valence-electron chi connectivity index (χ3n) is 4.68. The van der Waals surface area contributed by atoms with Gasteiger partial charge >= 0.3 is 0 Å². The van der Waals surface area contributed by atoms with Crippen LogP contribution in [0, 0.1) is 22.7 Å². The minimum atomic E-state index is -0.0451. The summed E-state index contributed by atoms with van der Waals surface area (Å²) < 4.78 is 0. The van der Waals surface area contributed by atoms with Crippen molar-refractivity contribution in [3.63, 3.8) is 0 Å². The topological polar surface area (TPSA) is 59.4 Å². The van der Waals surface area contributed by atoms with Gasteiger partial charge in [0, 0.05) is 32.2 Å². The molecule has 0 spiro atoms. The van der Waals surface area contributed by atoms with Gasteiger partial charge in [-0.15, -0.1) is 0 Å². The first-order valence-corrected chi connectivity index (χ1v) is 8.31. The van der Waals surface area contributed by atoms with Crippen LogP contribution in [0.25, 0.3) is 0 Å². The Labute approximate surface area is 135 Å². The summed E-state index contributed by atoms with van der Waals surface area (Å²) in [6, 6.07) is 2.63. The number of hydrogen-bond donors (Lipinski definition) is 1. The van der Waals surface area contributed by atoms with E-state index in [2.05, 4.69) is 57.8 Å². The Hall–Kier alpha value is -1.12. The van der Waals surface area contributed by atoms with Gasteiger partial charge in [0.15, 0.2) is 0 Å². The molecule has 1 aliphatic rings. The fourth-order valence-corrected chi connectivity index (χ4v) is 2.56. The van der Waals surface area contributed by atoms with Crippen LogP contribution in [0.3, 0.4) is 0 Å². The van der Waals surface area contributed by atoms with Crippen LogP contribution in [0.4, 0.5) is 0 Å². The van der Waals surface area contributed by atoms with Gasteiger partial charge in [-0.2, -0.15) is 5.26 Å². The van der Waals surface area contributed by atoms with E-state index in [1.165, 1.54) is 0 Å². The number of carbonyl (C=O) groups is 1. The Morgan fingerprint density at radius 2 is 1.73 bits per heavy atom. The molecule has 1 saturated heterocycles. The highest BCUT2D eigenvalue weighted by atomic mass is 16.2. The van der Waals surface area contributed by atoms with Gasteiger partial charge in [-0.05, 0) is 18.3 Å². The first kappa shape index (κ1) is 18.9. The molecule has 5 nitrogen and oxygen atoms in total. The lowest BCUT2D eigenvalue weighted by molar-refractivity contribution is -0.132. The minimum absolute atomic E-state index is 0.0451. The summed E-state index contributed by atoms with van der Waals surface area (Å²) in [5.74, 6) is 0.482. The van der Waals surface area contributed by atoms with Crippen molar-refractivity contribution in [3.8, 4) is 6.07 Å². The molecule has 0 aromatic heterocycles. The van der Waals surface area contributed by atoms with Gasteiger partial charge in [0.2, 0.25) is 5.91 Å². The highest BCUT2D eigenvalue weighted by Crippen LogP contribution is 2.18. The predicted molar refractivity (Wildman–Crippen MR) is 89.3 cm³/mol. The molecule has 0 aliphatic carbocycles. The molecule has 0 radical (unpaired) electrons. The monoisotopic (exact) mass is 308 g/mol. The molecule has 22 heavy (non-hydrogen) atoms. The maximum atomic E-state index is 12.3. The molecule has 0 unspecified atom stereocenters. The second-order valence-corrected chi connectivity index (χ2v) is 7.70. The van der Waals surface area contributed by atoms with Crippen molar-refractivity contribution >= 4 is 5.91 Å². The standard InChI is InChI=1S/C17H32N4O/c1-13(2)15(11-18)20-7-9-21(10-8-20)16(22)12-19-14(3)17(4,5)6/h13-15,19H,7-10,12H2,1-6H3/t14-,15+/m0/s1. The van der Waals surface area contributed by atoms with E-state index in [0.29, 0.717) is 18.5 Å². The van der Waals surface area contributed by atoms with Crippen molar-refractivity contribution in [1.29, 1.82) is 5.26 Å². The second kappa shape index (κ2) is 7.94. The van der Waals surface area contributed by atoms with E-state index in [-0.39, 0.29) is 17.4 Å². The zero-order chi connectivity index (χ0) is 16.9. The SMILES string of the molecule is CC(C)[C@@H](C#N)N1CCN(C(=O)CN[C@@H](C)C(C)(C)C)CC1. The Morgan fingerprint density at radius 1 is 1.18 bits per heavy atom. The van der Waals surface area contributed by atoms with Gasteiger partial charge in [0.1, 0.15) is 6.04 Å². The lowest BCUT2D eigenvalue weighted by atomic mass is 9.88. The summed E-state index contributed by atoms with van der Waals surface area (Å²) >= 11 is 0. The molecule has 1 aliphatic heterocycles. The average Bonchev–Trinajstić information content (AvgIpc) is 2.44. The Bertz CT molecular complexity index is 400. The van der Waals surface area contributed by atoms with Crippen LogP contribution in [0.2, 0.25) is 0 Å². The molecule has 0 aromatic carbocycles. The summed E-state index contributed by atoms with van der Waals surface area (Å²) in [6.45, 7) is 16.2. The van der Waals surface area contributed by atoms with Crippen LogP contribution >= 0.6 is 0 Å². The molecular formula is C17H32N4O. The highest BCUT2D eigenvalue weighted by molar-refractivity contribution is 5.78. The summed E-state index contributed by atoms with van der Waals surface area (Å²) in [7, 11) is 0. The van der Waals surface area contributed by atoms with E-state index in [4.69, 9.17) is 0 Å². The lowest BCUT2D eigenvalue weighted by Gasteiger charge is -2.38. The van der Waals surface area contributed by atoms with Crippen molar-refractivity contribution in [1.82, 2.24) is 15.1 Å². The number of hydrogen-bond acceptors (Lipinski definition) is 4. The Kier molecular flexibility index (Phi) is 6.83. The highest BCUT2D eigenvalue weighted by Gasteiger charge is 2.28. The number of amides is 1. The van der Waals surface area contributed by atoms with Crippen LogP contribution in [0.1, 0.15) is 41.5 Å². The van der Waals surface area contributed by atoms with E-state index >= 15 is 0 Å². The number of rotatable bonds is 5. The molecule has 0 bridgehead atoms. The van der Waals surface area contributed by atoms with E-state index in [0.717, 1.165) is 26.2 Å². The third-order valence-corrected chi connectivity index (χ3v) is 4.68. The first-order valence-electron chi connectivity index (χ1n) is 8.31. The van der Waals surface area contributed by atoms with E-state index in [9.17, 15) is 10.1 Å². The van der Waals surface area contributed by atoms with E-state index in [1.807, 2.05) is 4.90 Å². The molecule has 2 atom stereocenters. The van der Waals surface area contributed by atoms with Gasteiger partial charge in [0.05, 0.1) is 12.6 Å². The number of nitriles is 1. The second-order valence-electron chi connectivity index (χ2n) is 7.70. The molecule has 5 heteroatoms. The minimum Gasteiger partial charge on any atom is -0.339 e. The normalized spacial score (nSPS) is 19.8. The number of carbonyl (C=O) groups excluding carboxylic acids is 1. The Morgan fingerprint density at radius 3 is 2.14 bits per heavy atom. The van der Waals surface area contributed by atoms with Crippen LogP contribution in [0.5, 0.6) is 0 Å². The molecule has 1 N–H and O–H groups in total. The van der Waals surface area contributed by atoms with E-state index < -0.39 is 0 Å². The maximum absolute atomic E-state index is 12.3. The quantitative estimate of drug-likeness (QED) is 0.840. The zero-order valence-electron chi connectivity index (χ0n) is 15.0. The van der Waals surface area contributed by atoms with Crippen molar-refractivity contribution in [2.24, 2.45) is 11.3 Å². The van der Waals surface area contributed by atoms with Crippen molar-refractivity contribution < 1.29 is 4.79 Å². The largest absolute Gasteiger partial charge is 0.339 e. The van der Waals surface area contributed by atoms with Gasteiger partial charge in [-0.1, -0.05) is 34.6 Å². The number of nitrogens with zero attached hydrogens (tertiary/aromatic N) is 3. The van der Waals surface area contributed by atoms with Crippen LogP contribution in [-0.2, 0) is 4.79 Å². The summed E-state index contributed by atoms with van der Waals surface area (Å²) in [4.78, 5) is 16.4. The smallest absolute Gasteiger partial charge is 0.236 e. The van der Waals surface area contributed by atoms with Crippen LogP contribution in [0.15, 0.2) is 0 Å². The lowest BCUT2D eigenvalue weighted by Crippen LogP contribution is -2.54. The molecule has 0 saturated carbocycles.